The number of carbonyl (C=O) groups is 2. The average molecular weight is 534 g/mol. The van der Waals surface area contributed by atoms with Crippen molar-refractivity contribution < 1.29 is 19.9 Å². The van der Waals surface area contributed by atoms with E-state index in [1.807, 2.05) is 6.07 Å². The van der Waals surface area contributed by atoms with Crippen LogP contribution in [0, 0.1) is 11.3 Å². The lowest BCUT2D eigenvalue weighted by molar-refractivity contribution is -0.143. The van der Waals surface area contributed by atoms with Gasteiger partial charge in [0.15, 0.2) is 0 Å². The number of likely N-dealkylation sites (tertiary alicyclic amines) is 1. The van der Waals surface area contributed by atoms with E-state index in [2.05, 4.69) is 48.9 Å². The second-order valence-corrected chi connectivity index (χ2v) is 11.6. The second kappa shape index (κ2) is 10.5. The van der Waals surface area contributed by atoms with Crippen LogP contribution in [-0.2, 0) is 17.8 Å². The molecule has 2 aliphatic heterocycles. The van der Waals surface area contributed by atoms with Crippen molar-refractivity contribution in [2.75, 3.05) is 38.0 Å². The zero-order chi connectivity index (χ0) is 27.0. The summed E-state index contributed by atoms with van der Waals surface area (Å²) < 4.78 is 0. The van der Waals surface area contributed by atoms with Gasteiger partial charge in [0.1, 0.15) is 23.6 Å². The Hall–Kier alpha value is -3.57. The fourth-order valence-corrected chi connectivity index (χ4v) is 6.21. The SMILES string of the molecule is O=C(NC[C@H](O)CN1CCc2ccccc2C1)c1cc(NC2CC3(C2)CN(C(=O)C(=NO)C2CC2)C3)ncn1. The first-order valence-electron chi connectivity index (χ1n) is 13.8. The van der Waals surface area contributed by atoms with E-state index in [0.29, 0.717) is 31.2 Å². The standard InChI is InChI=1S/C28H35N7O4/c36-22(14-34-8-7-18-3-1-2-4-20(18)13-34)12-29-26(37)23-9-24(31-17-30-23)32-21-10-28(11-21)15-35(16-28)27(38)25(33-39)19-5-6-19/h1-4,9,17,19,21-22,36,39H,5-8,10-16H2,(H,29,37)(H,30,31,32)/t22-/m0/s1. The number of fused-ring (bicyclic) bond motifs is 1. The highest BCUT2D eigenvalue weighted by Crippen LogP contribution is 2.49. The highest BCUT2D eigenvalue weighted by atomic mass is 16.4. The number of hydrogen-bond acceptors (Lipinski definition) is 9. The van der Waals surface area contributed by atoms with Crippen LogP contribution in [0.1, 0.15) is 47.3 Å². The molecule has 2 saturated carbocycles. The molecule has 11 nitrogen and oxygen atoms in total. The fourth-order valence-electron chi connectivity index (χ4n) is 6.21. The highest BCUT2D eigenvalue weighted by molar-refractivity contribution is 6.40. The number of nitrogens with zero attached hydrogens (tertiary/aromatic N) is 5. The molecule has 0 bridgehead atoms. The molecule has 1 atom stereocenters. The maximum Gasteiger partial charge on any atom is 0.271 e. The molecule has 4 aliphatic rings. The Labute approximate surface area is 227 Å². The minimum absolute atomic E-state index is 0.108. The lowest BCUT2D eigenvalue weighted by Gasteiger charge is -2.59. The Bertz CT molecular complexity index is 1270. The number of nitrogens with one attached hydrogen (secondary N) is 2. The number of anilines is 1. The van der Waals surface area contributed by atoms with Crippen LogP contribution in [0.15, 0.2) is 41.8 Å². The monoisotopic (exact) mass is 533 g/mol. The number of rotatable bonds is 9. The van der Waals surface area contributed by atoms with Crippen molar-refractivity contribution in [3.8, 4) is 0 Å². The summed E-state index contributed by atoms with van der Waals surface area (Å²) in [6.45, 7) is 3.69. The Balaban J connectivity index is 0.931. The number of benzene rings is 1. The van der Waals surface area contributed by atoms with E-state index in [-0.39, 0.29) is 41.4 Å². The zero-order valence-corrected chi connectivity index (χ0v) is 21.9. The van der Waals surface area contributed by atoms with E-state index in [1.165, 1.54) is 17.5 Å². The Morgan fingerprint density at radius 2 is 1.92 bits per heavy atom. The van der Waals surface area contributed by atoms with Crippen LogP contribution in [0.2, 0.25) is 0 Å². The number of carbonyl (C=O) groups excluding carboxylic acids is 2. The number of aliphatic hydroxyl groups is 1. The summed E-state index contributed by atoms with van der Waals surface area (Å²) in [4.78, 5) is 37.6. The quantitative estimate of drug-likeness (QED) is 0.214. The lowest BCUT2D eigenvalue weighted by atomic mass is 9.60. The highest BCUT2D eigenvalue weighted by Gasteiger charge is 2.54. The summed E-state index contributed by atoms with van der Waals surface area (Å²) in [5.41, 5.74) is 3.31. The van der Waals surface area contributed by atoms with Crippen LogP contribution in [0.3, 0.4) is 0 Å². The summed E-state index contributed by atoms with van der Waals surface area (Å²) in [6, 6.07) is 10.2. The number of amides is 2. The number of hydrogen-bond donors (Lipinski definition) is 4. The number of aromatic nitrogens is 2. The number of oxime groups is 1. The van der Waals surface area contributed by atoms with E-state index in [1.54, 1.807) is 11.0 Å². The van der Waals surface area contributed by atoms with Crippen LogP contribution in [0.4, 0.5) is 5.82 Å². The first kappa shape index (κ1) is 25.7. The van der Waals surface area contributed by atoms with Gasteiger partial charge in [0, 0.05) is 62.7 Å². The summed E-state index contributed by atoms with van der Waals surface area (Å²) >= 11 is 0. The molecule has 0 radical (unpaired) electrons. The molecule has 1 saturated heterocycles. The maximum atomic E-state index is 12.7. The molecule has 11 heteroatoms. The molecule has 1 spiro atoms. The normalized spacial score (nSPS) is 21.5. The van der Waals surface area contributed by atoms with Crippen LogP contribution in [0.25, 0.3) is 0 Å². The third kappa shape index (κ3) is 5.60. The van der Waals surface area contributed by atoms with Crippen molar-refractivity contribution in [3.05, 3.63) is 53.5 Å². The summed E-state index contributed by atoms with van der Waals surface area (Å²) in [7, 11) is 0. The second-order valence-electron chi connectivity index (χ2n) is 11.6. The van der Waals surface area contributed by atoms with Crippen LogP contribution in [-0.4, -0.2) is 92.5 Å². The third-order valence-electron chi connectivity index (χ3n) is 8.42. The first-order valence-corrected chi connectivity index (χ1v) is 13.8. The molecule has 4 N–H and O–H groups in total. The number of β-amino-alcohol motifs (C(OH)–C–C–N with tert-alkyl or cyclic N) is 1. The molecule has 2 amide bonds. The lowest BCUT2D eigenvalue weighted by Crippen LogP contribution is -2.67. The molecular formula is C28H35N7O4. The first-order chi connectivity index (χ1) is 18.9. The van der Waals surface area contributed by atoms with Crippen molar-refractivity contribution >= 4 is 23.3 Å². The molecule has 0 unspecified atom stereocenters. The van der Waals surface area contributed by atoms with Gasteiger partial charge < -0.3 is 25.8 Å². The van der Waals surface area contributed by atoms with Gasteiger partial charge in [0.05, 0.1) is 6.10 Å². The summed E-state index contributed by atoms with van der Waals surface area (Å²) in [5.74, 6) is 0.215. The summed E-state index contributed by atoms with van der Waals surface area (Å²) in [6.07, 6.45) is 5.31. The van der Waals surface area contributed by atoms with Crippen LogP contribution >= 0.6 is 0 Å². The smallest absolute Gasteiger partial charge is 0.271 e. The molecule has 2 aromatic rings. The largest absolute Gasteiger partial charge is 0.410 e. The van der Waals surface area contributed by atoms with Crippen LogP contribution in [0.5, 0.6) is 0 Å². The van der Waals surface area contributed by atoms with Gasteiger partial charge in [-0.05, 0) is 43.2 Å². The predicted octanol–water partition coefficient (Wildman–Crippen LogP) is 1.27. The minimum atomic E-state index is -0.678. The average Bonchev–Trinajstić information content (AvgIpc) is 3.73. The van der Waals surface area contributed by atoms with Gasteiger partial charge in [-0.25, -0.2) is 9.97 Å². The van der Waals surface area contributed by atoms with Crippen molar-refractivity contribution in [2.24, 2.45) is 16.5 Å². The molecule has 2 aliphatic carbocycles. The Morgan fingerprint density at radius 3 is 2.67 bits per heavy atom. The molecule has 6 rings (SSSR count). The molecule has 1 aromatic heterocycles. The molecule has 3 fully saturated rings. The maximum absolute atomic E-state index is 12.7. The van der Waals surface area contributed by atoms with Gasteiger partial charge in [0.2, 0.25) is 0 Å². The summed E-state index contributed by atoms with van der Waals surface area (Å²) in [5, 5.41) is 29.1. The van der Waals surface area contributed by atoms with E-state index >= 15 is 0 Å². The number of aliphatic hydroxyl groups excluding tert-OH is 1. The van der Waals surface area contributed by atoms with E-state index in [9.17, 15) is 19.9 Å². The molecule has 39 heavy (non-hydrogen) atoms. The van der Waals surface area contributed by atoms with E-state index in [4.69, 9.17) is 0 Å². The minimum Gasteiger partial charge on any atom is -0.410 e. The molecule has 1 aromatic carbocycles. The van der Waals surface area contributed by atoms with Gasteiger partial charge in [0.25, 0.3) is 11.8 Å². The molecular weight excluding hydrogens is 498 g/mol. The molecule has 3 heterocycles. The fraction of sp³-hybridized carbons (Fsp3) is 0.536. The van der Waals surface area contributed by atoms with Crippen molar-refractivity contribution in [1.29, 1.82) is 0 Å². The topological polar surface area (TPSA) is 143 Å². The van der Waals surface area contributed by atoms with Gasteiger partial charge in [-0.3, -0.25) is 14.5 Å². The van der Waals surface area contributed by atoms with E-state index in [0.717, 1.165) is 45.2 Å². The van der Waals surface area contributed by atoms with Gasteiger partial charge in [-0.15, -0.1) is 0 Å². The predicted molar refractivity (Wildman–Crippen MR) is 143 cm³/mol. The van der Waals surface area contributed by atoms with Gasteiger partial charge in [-0.2, -0.15) is 0 Å². The van der Waals surface area contributed by atoms with Gasteiger partial charge >= 0.3 is 0 Å². The zero-order valence-electron chi connectivity index (χ0n) is 21.9. The Kier molecular flexibility index (Phi) is 6.94. The van der Waals surface area contributed by atoms with Gasteiger partial charge in [-0.1, -0.05) is 29.4 Å². The Morgan fingerprint density at radius 1 is 1.15 bits per heavy atom. The van der Waals surface area contributed by atoms with Crippen molar-refractivity contribution in [3.63, 3.8) is 0 Å². The van der Waals surface area contributed by atoms with Crippen molar-refractivity contribution in [1.82, 2.24) is 25.1 Å². The third-order valence-corrected chi connectivity index (χ3v) is 8.42. The van der Waals surface area contributed by atoms with E-state index < -0.39 is 6.10 Å². The van der Waals surface area contributed by atoms with Crippen molar-refractivity contribution in [2.45, 2.75) is 50.8 Å². The molecule has 206 valence electrons. The van der Waals surface area contributed by atoms with Crippen LogP contribution < -0.4 is 10.6 Å².